The van der Waals surface area contributed by atoms with Gasteiger partial charge >= 0.3 is 0 Å². The molecule has 0 aliphatic carbocycles. The SMILES string of the molecule is CCC(C)CC(=O)CCN(CC)CC. The van der Waals surface area contributed by atoms with Crippen LogP contribution in [0.2, 0.25) is 0 Å². The lowest BCUT2D eigenvalue weighted by Crippen LogP contribution is -2.26. The molecular formula is C12H25NO. The van der Waals surface area contributed by atoms with E-state index in [9.17, 15) is 4.79 Å². The largest absolute Gasteiger partial charge is 0.303 e. The van der Waals surface area contributed by atoms with Crippen LogP contribution in [-0.2, 0) is 4.79 Å². The van der Waals surface area contributed by atoms with Crippen molar-refractivity contribution in [2.45, 2.75) is 47.0 Å². The number of nitrogens with zero attached hydrogens (tertiary/aromatic N) is 1. The molecule has 2 heteroatoms. The van der Waals surface area contributed by atoms with Crippen LogP contribution in [0, 0.1) is 5.92 Å². The Balaban J connectivity index is 3.62. The number of hydrogen-bond acceptors (Lipinski definition) is 2. The molecule has 0 spiro atoms. The van der Waals surface area contributed by atoms with Crippen molar-refractivity contribution in [3.8, 4) is 0 Å². The van der Waals surface area contributed by atoms with Gasteiger partial charge in [-0.1, -0.05) is 34.1 Å². The van der Waals surface area contributed by atoms with Crippen LogP contribution in [0.4, 0.5) is 0 Å². The quantitative estimate of drug-likeness (QED) is 0.599. The molecule has 0 radical (unpaired) electrons. The first kappa shape index (κ1) is 13.6. The Morgan fingerprint density at radius 1 is 1.21 bits per heavy atom. The topological polar surface area (TPSA) is 20.3 Å². The van der Waals surface area contributed by atoms with Crippen molar-refractivity contribution in [3.63, 3.8) is 0 Å². The van der Waals surface area contributed by atoms with Gasteiger partial charge in [-0.3, -0.25) is 4.79 Å². The van der Waals surface area contributed by atoms with E-state index in [1.165, 1.54) is 0 Å². The van der Waals surface area contributed by atoms with Gasteiger partial charge in [0.1, 0.15) is 5.78 Å². The monoisotopic (exact) mass is 199 g/mol. The Bertz CT molecular complexity index is 152. The molecule has 1 unspecified atom stereocenters. The van der Waals surface area contributed by atoms with Crippen LogP contribution in [-0.4, -0.2) is 30.3 Å². The van der Waals surface area contributed by atoms with Gasteiger partial charge in [-0.15, -0.1) is 0 Å². The molecular weight excluding hydrogens is 174 g/mol. The normalized spacial score (nSPS) is 13.2. The van der Waals surface area contributed by atoms with Gasteiger partial charge in [0, 0.05) is 19.4 Å². The van der Waals surface area contributed by atoms with E-state index in [0.29, 0.717) is 11.7 Å². The Morgan fingerprint density at radius 2 is 1.79 bits per heavy atom. The first-order valence-corrected chi connectivity index (χ1v) is 5.88. The van der Waals surface area contributed by atoms with Gasteiger partial charge in [-0.2, -0.15) is 0 Å². The minimum absolute atomic E-state index is 0.422. The van der Waals surface area contributed by atoms with Gasteiger partial charge in [0.05, 0.1) is 0 Å². The van der Waals surface area contributed by atoms with Crippen molar-refractivity contribution in [3.05, 3.63) is 0 Å². The molecule has 1 atom stereocenters. The summed E-state index contributed by atoms with van der Waals surface area (Å²) in [6.07, 6.45) is 2.60. The molecule has 0 fully saturated rings. The molecule has 0 aromatic carbocycles. The van der Waals surface area contributed by atoms with Gasteiger partial charge in [-0.25, -0.2) is 0 Å². The molecule has 0 rings (SSSR count). The fourth-order valence-corrected chi connectivity index (χ4v) is 1.46. The second-order valence-electron chi connectivity index (χ2n) is 4.03. The zero-order valence-corrected chi connectivity index (χ0v) is 10.2. The maximum atomic E-state index is 11.5. The van der Waals surface area contributed by atoms with Crippen molar-refractivity contribution < 1.29 is 4.79 Å². The number of hydrogen-bond donors (Lipinski definition) is 0. The average molecular weight is 199 g/mol. The van der Waals surface area contributed by atoms with E-state index in [2.05, 4.69) is 32.6 Å². The lowest BCUT2D eigenvalue weighted by molar-refractivity contribution is -0.120. The lowest BCUT2D eigenvalue weighted by atomic mass is 10.0. The van der Waals surface area contributed by atoms with Crippen molar-refractivity contribution >= 4 is 5.78 Å². The van der Waals surface area contributed by atoms with Gasteiger partial charge in [0.15, 0.2) is 0 Å². The second-order valence-corrected chi connectivity index (χ2v) is 4.03. The molecule has 2 nitrogen and oxygen atoms in total. The molecule has 0 N–H and O–H groups in total. The van der Waals surface area contributed by atoms with Crippen LogP contribution in [0.3, 0.4) is 0 Å². The Morgan fingerprint density at radius 3 is 2.21 bits per heavy atom. The van der Waals surface area contributed by atoms with E-state index in [-0.39, 0.29) is 0 Å². The third-order valence-electron chi connectivity index (χ3n) is 2.87. The van der Waals surface area contributed by atoms with E-state index < -0.39 is 0 Å². The highest BCUT2D eigenvalue weighted by atomic mass is 16.1. The average Bonchev–Trinajstić information content (AvgIpc) is 2.19. The van der Waals surface area contributed by atoms with Crippen molar-refractivity contribution in [1.82, 2.24) is 4.90 Å². The summed E-state index contributed by atoms with van der Waals surface area (Å²) in [7, 11) is 0. The fourth-order valence-electron chi connectivity index (χ4n) is 1.46. The lowest BCUT2D eigenvalue weighted by Gasteiger charge is -2.17. The molecule has 0 aliphatic heterocycles. The van der Waals surface area contributed by atoms with Gasteiger partial charge in [0.25, 0.3) is 0 Å². The standard InChI is InChI=1S/C12H25NO/c1-5-11(4)10-12(14)8-9-13(6-2)7-3/h11H,5-10H2,1-4H3. The number of Topliss-reactive ketones (excluding diaryl/α,β-unsaturated/α-hetero) is 1. The molecule has 0 heterocycles. The zero-order valence-electron chi connectivity index (χ0n) is 10.2. The smallest absolute Gasteiger partial charge is 0.134 e. The minimum atomic E-state index is 0.422. The van der Waals surface area contributed by atoms with Gasteiger partial charge < -0.3 is 4.90 Å². The molecule has 0 bridgehead atoms. The summed E-state index contributed by atoms with van der Waals surface area (Å²) in [5, 5.41) is 0. The first-order chi connectivity index (χ1) is 6.63. The third kappa shape index (κ3) is 6.14. The Labute approximate surface area is 88.7 Å². The van der Waals surface area contributed by atoms with Crippen LogP contribution in [0.5, 0.6) is 0 Å². The van der Waals surface area contributed by atoms with E-state index >= 15 is 0 Å². The number of carbonyl (C=O) groups excluding carboxylic acids is 1. The van der Waals surface area contributed by atoms with E-state index in [0.717, 1.165) is 38.9 Å². The molecule has 0 amide bonds. The summed E-state index contributed by atoms with van der Waals surface area (Å²) in [4.78, 5) is 13.8. The maximum Gasteiger partial charge on any atom is 0.134 e. The highest BCUT2D eigenvalue weighted by molar-refractivity contribution is 5.78. The van der Waals surface area contributed by atoms with Gasteiger partial charge in [0.2, 0.25) is 0 Å². The van der Waals surface area contributed by atoms with Gasteiger partial charge in [-0.05, 0) is 19.0 Å². The van der Waals surface area contributed by atoms with Crippen LogP contribution in [0.25, 0.3) is 0 Å². The summed E-state index contributed by atoms with van der Waals surface area (Å²) in [6, 6.07) is 0. The predicted molar refractivity (Wildman–Crippen MR) is 61.5 cm³/mol. The van der Waals surface area contributed by atoms with Crippen LogP contribution >= 0.6 is 0 Å². The van der Waals surface area contributed by atoms with Crippen LogP contribution in [0.15, 0.2) is 0 Å². The molecule has 0 saturated heterocycles. The molecule has 0 aromatic rings. The Hall–Kier alpha value is -0.370. The number of rotatable bonds is 8. The minimum Gasteiger partial charge on any atom is -0.303 e. The molecule has 0 aliphatic rings. The van der Waals surface area contributed by atoms with E-state index in [1.807, 2.05) is 0 Å². The van der Waals surface area contributed by atoms with Crippen molar-refractivity contribution in [1.29, 1.82) is 0 Å². The van der Waals surface area contributed by atoms with E-state index in [1.54, 1.807) is 0 Å². The molecule has 0 saturated carbocycles. The fraction of sp³-hybridized carbons (Fsp3) is 0.917. The van der Waals surface area contributed by atoms with Crippen LogP contribution in [0.1, 0.15) is 47.0 Å². The summed E-state index contributed by atoms with van der Waals surface area (Å²) in [5.74, 6) is 0.977. The summed E-state index contributed by atoms with van der Waals surface area (Å²) < 4.78 is 0. The van der Waals surface area contributed by atoms with Crippen LogP contribution < -0.4 is 0 Å². The van der Waals surface area contributed by atoms with E-state index in [4.69, 9.17) is 0 Å². The Kier molecular flexibility index (Phi) is 7.77. The summed E-state index contributed by atoms with van der Waals surface area (Å²) in [6.45, 7) is 11.6. The predicted octanol–water partition coefficient (Wildman–Crippen LogP) is 2.72. The van der Waals surface area contributed by atoms with Crippen molar-refractivity contribution in [2.75, 3.05) is 19.6 Å². The first-order valence-electron chi connectivity index (χ1n) is 5.88. The second kappa shape index (κ2) is 7.98. The maximum absolute atomic E-state index is 11.5. The highest BCUT2D eigenvalue weighted by Crippen LogP contribution is 2.08. The highest BCUT2D eigenvalue weighted by Gasteiger charge is 2.08. The number of carbonyl (C=O) groups is 1. The number of ketones is 1. The summed E-state index contributed by atoms with van der Waals surface area (Å²) >= 11 is 0. The molecule has 14 heavy (non-hydrogen) atoms. The zero-order chi connectivity index (χ0) is 11.0. The van der Waals surface area contributed by atoms with Crippen molar-refractivity contribution in [2.24, 2.45) is 5.92 Å². The summed E-state index contributed by atoms with van der Waals surface area (Å²) in [5.41, 5.74) is 0. The third-order valence-corrected chi connectivity index (χ3v) is 2.87. The molecule has 84 valence electrons. The molecule has 0 aromatic heterocycles.